The highest BCUT2D eigenvalue weighted by atomic mass is 14.6. The van der Waals surface area contributed by atoms with Crippen molar-refractivity contribution < 1.29 is 0 Å². The van der Waals surface area contributed by atoms with Gasteiger partial charge in [0.05, 0.1) is 6.07 Å². The van der Waals surface area contributed by atoms with E-state index in [4.69, 9.17) is 0 Å². The summed E-state index contributed by atoms with van der Waals surface area (Å²) >= 11 is 0. The summed E-state index contributed by atoms with van der Waals surface area (Å²) in [5.41, 5.74) is 2.46. The summed E-state index contributed by atoms with van der Waals surface area (Å²) in [6.07, 6.45) is 10.3. The molecule has 0 spiro atoms. The standard InChI is InChI=1S/C19H21N/c20-13-18(9-14-4-2-1-3-5-14)19-10-15-6-16(11-19)8-17(7-15)12-19/h1-5,9,15-17H,6-8,10-12H2/b18-9+. The first kappa shape index (κ1) is 12.2. The van der Waals surface area contributed by atoms with E-state index in [2.05, 4.69) is 36.4 Å². The fraction of sp³-hybridized carbons (Fsp3) is 0.526. The van der Waals surface area contributed by atoms with Crippen molar-refractivity contribution in [3.05, 3.63) is 41.5 Å². The van der Waals surface area contributed by atoms with Crippen molar-refractivity contribution in [2.75, 3.05) is 0 Å². The third kappa shape index (κ3) is 1.90. The van der Waals surface area contributed by atoms with Gasteiger partial charge in [-0.2, -0.15) is 5.26 Å². The van der Waals surface area contributed by atoms with Gasteiger partial charge in [-0.15, -0.1) is 0 Å². The molecule has 20 heavy (non-hydrogen) atoms. The van der Waals surface area contributed by atoms with Gasteiger partial charge >= 0.3 is 0 Å². The number of nitrogens with zero attached hydrogens (tertiary/aromatic N) is 1. The zero-order valence-electron chi connectivity index (χ0n) is 11.9. The molecular formula is C19H21N. The predicted molar refractivity (Wildman–Crippen MR) is 80.6 cm³/mol. The lowest BCUT2D eigenvalue weighted by molar-refractivity contribution is -0.0275. The molecule has 0 aromatic heterocycles. The zero-order valence-corrected chi connectivity index (χ0v) is 11.9. The van der Waals surface area contributed by atoms with Gasteiger partial charge in [0.15, 0.2) is 0 Å². The Kier molecular flexibility index (Phi) is 2.74. The summed E-state index contributed by atoms with van der Waals surface area (Å²) < 4.78 is 0. The van der Waals surface area contributed by atoms with Crippen molar-refractivity contribution in [3.8, 4) is 6.07 Å². The van der Waals surface area contributed by atoms with Crippen LogP contribution in [0.2, 0.25) is 0 Å². The van der Waals surface area contributed by atoms with Crippen LogP contribution in [0.25, 0.3) is 6.08 Å². The quantitative estimate of drug-likeness (QED) is 0.702. The number of hydrogen-bond acceptors (Lipinski definition) is 1. The molecule has 4 aliphatic rings. The third-order valence-corrected chi connectivity index (χ3v) is 5.84. The monoisotopic (exact) mass is 263 g/mol. The lowest BCUT2D eigenvalue weighted by Gasteiger charge is -2.56. The van der Waals surface area contributed by atoms with Crippen LogP contribution in [0.4, 0.5) is 0 Å². The number of allylic oxidation sites excluding steroid dienone is 1. The molecule has 102 valence electrons. The van der Waals surface area contributed by atoms with Gasteiger partial charge in [0, 0.05) is 11.0 Å². The summed E-state index contributed by atoms with van der Waals surface area (Å²) in [5.74, 6) is 2.69. The second kappa shape index (κ2) is 4.48. The minimum Gasteiger partial charge on any atom is -0.193 e. The molecule has 0 unspecified atom stereocenters. The second-order valence-electron chi connectivity index (χ2n) is 7.28. The Hall–Kier alpha value is -1.55. The van der Waals surface area contributed by atoms with Gasteiger partial charge in [0.2, 0.25) is 0 Å². The number of rotatable bonds is 2. The first-order chi connectivity index (χ1) is 9.77. The van der Waals surface area contributed by atoms with E-state index >= 15 is 0 Å². The molecule has 0 amide bonds. The molecular weight excluding hydrogens is 242 g/mol. The van der Waals surface area contributed by atoms with Crippen LogP contribution >= 0.6 is 0 Å². The SMILES string of the molecule is N#C/C(=C\c1ccccc1)C12CC3CC(CC(C3)C1)C2. The largest absolute Gasteiger partial charge is 0.193 e. The van der Waals surface area contributed by atoms with Gasteiger partial charge in [-0.1, -0.05) is 30.3 Å². The molecule has 4 fully saturated rings. The van der Waals surface area contributed by atoms with Gasteiger partial charge in [-0.3, -0.25) is 0 Å². The summed E-state index contributed by atoms with van der Waals surface area (Å²) in [4.78, 5) is 0. The highest BCUT2D eigenvalue weighted by molar-refractivity contribution is 5.59. The van der Waals surface area contributed by atoms with Gasteiger partial charge < -0.3 is 0 Å². The Balaban J connectivity index is 1.71. The normalized spacial score (nSPS) is 38.8. The molecule has 4 bridgehead atoms. The molecule has 5 rings (SSSR count). The Morgan fingerprint density at radius 3 is 2.05 bits per heavy atom. The Morgan fingerprint density at radius 1 is 1.00 bits per heavy atom. The molecule has 1 nitrogen and oxygen atoms in total. The molecule has 1 heteroatoms. The van der Waals surface area contributed by atoms with Crippen molar-refractivity contribution in [2.45, 2.75) is 38.5 Å². The van der Waals surface area contributed by atoms with Crippen LogP contribution in [0.3, 0.4) is 0 Å². The number of hydrogen-bond donors (Lipinski definition) is 0. The molecule has 0 atom stereocenters. The Bertz CT molecular complexity index is 540. The minimum absolute atomic E-state index is 0.222. The van der Waals surface area contributed by atoms with Crippen LogP contribution in [-0.2, 0) is 0 Å². The second-order valence-corrected chi connectivity index (χ2v) is 7.28. The van der Waals surface area contributed by atoms with Crippen molar-refractivity contribution >= 4 is 6.08 Å². The Labute approximate surface area is 121 Å². The van der Waals surface area contributed by atoms with Crippen LogP contribution < -0.4 is 0 Å². The average Bonchev–Trinajstić information content (AvgIpc) is 2.44. The summed E-state index contributed by atoms with van der Waals surface area (Å²) in [6, 6.07) is 12.9. The fourth-order valence-corrected chi connectivity index (χ4v) is 5.46. The van der Waals surface area contributed by atoms with Crippen molar-refractivity contribution in [1.29, 1.82) is 5.26 Å². The Morgan fingerprint density at radius 2 is 1.55 bits per heavy atom. The van der Waals surface area contributed by atoms with E-state index < -0.39 is 0 Å². The first-order valence-electron chi connectivity index (χ1n) is 7.95. The summed E-state index contributed by atoms with van der Waals surface area (Å²) in [5, 5.41) is 9.73. The predicted octanol–water partition coefficient (Wildman–Crippen LogP) is 4.81. The summed E-state index contributed by atoms with van der Waals surface area (Å²) in [6.45, 7) is 0. The van der Waals surface area contributed by atoms with Crippen LogP contribution in [0, 0.1) is 34.5 Å². The van der Waals surface area contributed by atoms with Crippen LogP contribution in [0.1, 0.15) is 44.1 Å². The van der Waals surface area contributed by atoms with E-state index in [9.17, 15) is 5.26 Å². The topological polar surface area (TPSA) is 23.8 Å². The maximum atomic E-state index is 9.73. The van der Waals surface area contributed by atoms with Crippen LogP contribution in [0.5, 0.6) is 0 Å². The highest BCUT2D eigenvalue weighted by Crippen LogP contribution is 2.62. The molecule has 1 aromatic rings. The van der Waals surface area contributed by atoms with Gasteiger partial charge in [0.1, 0.15) is 0 Å². The van der Waals surface area contributed by atoms with Crippen molar-refractivity contribution in [3.63, 3.8) is 0 Å². The molecule has 0 heterocycles. The minimum atomic E-state index is 0.222. The lowest BCUT2D eigenvalue weighted by Crippen LogP contribution is -2.46. The van der Waals surface area contributed by atoms with Gasteiger partial charge in [0.25, 0.3) is 0 Å². The van der Waals surface area contributed by atoms with Gasteiger partial charge in [-0.25, -0.2) is 0 Å². The fourth-order valence-electron chi connectivity index (χ4n) is 5.46. The zero-order chi connectivity index (χ0) is 13.6. The van der Waals surface area contributed by atoms with Crippen molar-refractivity contribution in [2.24, 2.45) is 23.2 Å². The molecule has 4 saturated carbocycles. The molecule has 0 N–H and O–H groups in total. The first-order valence-corrected chi connectivity index (χ1v) is 7.95. The highest BCUT2D eigenvalue weighted by Gasteiger charge is 2.52. The van der Waals surface area contributed by atoms with E-state index in [0.29, 0.717) is 0 Å². The number of nitriles is 1. The van der Waals surface area contributed by atoms with E-state index in [1.807, 2.05) is 6.07 Å². The molecule has 0 radical (unpaired) electrons. The molecule has 0 aliphatic heterocycles. The maximum absolute atomic E-state index is 9.73. The van der Waals surface area contributed by atoms with Crippen LogP contribution in [-0.4, -0.2) is 0 Å². The maximum Gasteiger partial charge on any atom is 0.0953 e. The van der Waals surface area contributed by atoms with E-state index in [-0.39, 0.29) is 5.41 Å². The summed E-state index contributed by atoms with van der Waals surface area (Å²) in [7, 11) is 0. The number of benzene rings is 1. The third-order valence-electron chi connectivity index (χ3n) is 5.84. The molecule has 4 aliphatic carbocycles. The average molecular weight is 263 g/mol. The van der Waals surface area contributed by atoms with Crippen molar-refractivity contribution in [1.82, 2.24) is 0 Å². The smallest absolute Gasteiger partial charge is 0.0953 e. The van der Waals surface area contributed by atoms with Gasteiger partial charge in [-0.05, 0) is 67.9 Å². The lowest BCUT2D eigenvalue weighted by atomic mass is 9.48. The van der Waals surface area contributed by atoms with Crippen LogP contribution in [0.15, 0.2) is 35.9 Å². The molecule has 0 saturated heterocycles. The van der Waals surface area contributed by atoms with E-state index in [1.165, 1.54) is 44.1 Å². The molecule has 1 aromatic carbocycles. The van der Waals surface area contributed by atoms with E-state index in [0.717, 1.165) is 23.3 Å². The van der Waals surface area contributed by atoms with E-state index in [1.54, 1.807) is 0 Å².